The first-order valence-corrected chi connectivity index (χ1v) is 7.39. The average molecular weight is 342 g/mol. The van der Waals surface area contributed by atoms with Crippen molar-refractivity contribution in [2.24, 2.45) is 0 Å². The standard InChI is InChI=1S/C15H13F3N2O2S/c1-8-13(9(2)21)23-14(19-8)20(10(3)22)12-6-4-5-11(7-12)15(16,17)18/h4-7H,1-3H3. The molecular weight excluding hydrogens is 329 g/mol. The minimum absolute atomic E-state index is 0.0520. The molecular formula is C15H13F3N2O2S. The summed E-state index contributed by atoms with van der Waals surface area (Å²) in [4.78, 5) is 29.0. The minimum atomic E-state index is -4.51. The van der Waals surface area contributed by atoms with Gasteiger partial charge in [-0.15, -0.1) is 0 Å². The van der Waals surface area contributed by atoms with Gasteiger partial charge in [0.15, 0.2) is 10.9 Å². The van der Waals surface area contributed by atoms with Crippen LogP contribution in [0, 0.1) is 6.92 Å². The molecule has 0 fully saturated rings. The monoisotopic (exact) mass is 342 g/mol. The molecule has 0 aliphatic rings. The van der Waals surface area contributed by atoms with Crippen molar-refractivity contribution in [1.82, 2.24) is 4.98 Å². The van der Waals surface area contributed by atoms with Crippen LogP contribution in [0.15, 0.2) is 24.3 Å². The van der Waals surface area contributed by atoms with Gasteiger partial charge in [0.05, 0.1) is 21.8 Å². The molecule has 23 heavy (non-hydrogen) atoms. The molecule has 0 spiro atoms. The number of hydrogen-bond acceptors (Lipinski definition) is 4. The number of thiazole rings is 1. The van der Waals surface area contributed by atoms with Crippen LogP contribution in [0.5, 0.6) is 0 Å². The number of hydrogen-bond donors (Lipinski definition) is 0. The maximum Gasteiger partial charge on any atom is 0.416 e. The molecule has 2 rings (SSSR count). The van der Waals surface area contributed by atoms with Crippen molar-refractivity contribution in [3.63, 3.8) is 0 Å². The van der Waals surface area contributed by atoms with E-state index in [1.165, 1.54) is 26.0 Å². The molecule has 0 unspecified atom stereocenters. The summed E-state index contributed by atoms with van der Waals surface area (Å²) in [5.41, 5.74) is -0.367. The third kappa shape index (κ3) is 3.58. The molecule has 0 N–H and O–H groups in total. The molecule has 1 aromatic carbocycles. The Morgan fingerprint density at radius 1 is 1.22 bits per heavy atom. The number of ketones is 1. The van der Waals surface area contributed by atoms with Gasteiger partial charge in [-0.1, -0.05) is 17.4 Å². The zero-order valence-electron chi connectivity index (χ0n) is 12.6. The highest BCUT2D eigenvalue weighted by molar-refractivity contribution is 7.17. The highest BCUT2D eigenvalue weighted by Crippen LogP contribution is 2.36. The Hall–Kier alpha value is -2.22. The van der Waals surface area contributed by atoms with E-state index in [-0.39, 0.29) is 16.6 Å². The van der Waals surface area contributed by atoms with E-state index >= 15 is 0 Å². The smallest absolute Gasteiger partial charge is 0.294 e. The first-order chi connectivity index (χ1) is 10.6. The van der Waals surface area contributed by atoms with Crippen LogP contribution >= 0.6 is 11.3 Å². The number of benzene rings is 1. The molecule has 0 saturated carbocycles. The van der Waals surface area contributed by atoms with E-state index in [1.54, 1.807) is 6.92 Å². The van der Waals surface area contributed by atoms with Gasteiger partial charge in [-0.3, -0.25) is 14.5 Å². The van der Waals surface area contributed by atoms with Gasteiger partial charge in [0.1, 0.15) is 0 Å². The van der Waals surface area contributed by atoms with E-state index in [9.17, 15) is 22.8 Å². The largest absolute Gasteiger partial charge is 0.416 e. The van der Waals surface area contributed by atoms with Gasteiger partial charge in [-0.05, 0) is 25.1 Å². The summed E-state index contributed by atoms with van der Waals surface area (Å²) in [5, 5.41) is 0.166. The van der Waals surface area contributed by atoms with Crippen molar-refractivity contribution in [3.05, 3.63) is 40.4 Å². The van der Waals surface area contributed by atoms with Gasteiger partial charge < -0.3 is 0 Å². The van der Waals surface area contributed by atoms with Crippen LogP contribution in [0.2, 0.25) is 0 Å². The summed E-state index contributed by atoms with van der Waals surface area (Å²) in [6, 6.07) is 4.42. The highest BCUT2D eigenvalue weighted by atomic mass is 32.1. The fraction of sp³-hybridized carbons (Fsp3) is 0.267. The molecule has 8 heteroatoms. The lowest BCUT2D eigenvalue weighted by Gasteiger charge is -2.19. The number of alkyl halides is 3. The zero-order chi connectivity index (χ0) is 17.4. The van der Waals surface area contributed by atoms with E-state index in [1.807, 2.05) is 0 Å². The van der Waals surface area contributed by atoms with Crippen LogP contribution in [0.4, 0.5) is 24.0 Å². The van der Waals surface area contributed by atoms with Crippen LogP contribution in [-0.2, 0) is 11.0 Å². The van der Waals surface area contributed by atoms with Gasteiger partial charge in [-0.25, -0.2) is 4.98 Å². The Balaban J connectivity index is 2.54. The maximum absolute atomic E-state index is 12.8. The first kappa shape index (κ1) is 17.1. The number of Topliss-reactive ketones (excluding diaryl/α,β-unsaturated/α-hetero) is 1. The summed E-state index contributed by atoms with van der Waals surface area (Å²) in [7, 11) is 0. The second-order valence-electron chi connectivity index (χ2n) is 4.87. The zero-order valence-corrected chi connectivity index (χ0v) is 13.4. The lowest BCUT2D eigenvalue weighted by atomic mass is 10.2. The molecule has 1 amide bonds. The highest BCUT2D eigenvalue weighted by Gasteiger charge is 2.31. The predicted molar refractivity (Wildman–Crippen MR) is 81.1 cm³/mol. The van der Waals surface area contributed by atoms with Crippen LogP contribution in [0.25, 0.3) is 0 Å². The molecule has 2 aromatic rings. The number of carbonyl (C=O) groups excluding carboxylic acids is 2. The molecule has 0 radical (unpaired) electrons. The number of rotatable bonds is 3. The molecule has 0 aliphatic carbocycles. The lowest BCUT2D eigenvalue weighted by molar-refractivity contribution is -0.137. The third-order valence-electron chi connectivity index (χ3n) is 3.04. The normalized spacial score (nSPS) is 11.4. The maximum atomic E-state index is 12.8. The lowest BCUT2D eigenvalue weighted by Crippen LogP contribution is -2.23. The Morgan fingerprint density at radius 3 is 2.35 bits per heavy atom. The molecule has 122 valence electrons. The molecule has 1 heterocycles. The molecule has 0 saturated heterocycles. The number of nitrogens with zero attached hydrogens (tertiary/aromatic N) is 2. The van der Waals surface area contributed by atoms with Gasteiger partial charge in [0.2, 0.25) is 5.91 Å². The van der Waals surface area contributed by atoms with Gasteiger partial charge >= 0.3 is 6.18 Å². The average Bonchev–Trinajstić information content (AvgIpc) is 2.79. The van der Waals surface area contributed by atoms with Gasteiger partial charge in [-0.2, -0.15) is 13.2 Å². The molecule has 0 aliphatic heterocycles. The molecule has 0 bridgehead atoms. The van der Waals surface area contributed by atoms with Crippen LogP contribution in [0.1, 0.15) is 34.8 Å². The fourth-order valence-electron chi connectivity index (χ4n) is 2.05. The number of aromatic nitrogens is 1. The van der Waals surface area contributed by atoms with E-state index in [0.717, 1.165) is 28.4 Å². The number of carbonyl (C=O) groups is 2. The second-order valence-corrected chi connectivity index (χ2v) is 5.85. The van der Waals surface area contributed by atoms with E-state index in [2.05, 4.69) is 4.98 Å². The summed E-state index contributed by atoms with van der Waals surface area (Å²) < 4.78 is 38.5. The quantitative estimate of drug-likeness (QED) is 0.779. The minimum Gasteiger partial charge on any atom is -0.294 e. The van der Waals surface area contributed by atoms with Crippen molar-refractivity contribution < 1.29 is 22.8 Å². The van der Waals surface area contributed by atoms with Gasteiger partial charge in [0.25, 0.3) is 0 Å². The number of amides is 1. The van der Waals surface area contributed by atoms with Crippen molar-refractivity contribution in [3.8, 4) is 0 Å². The van der Waals surface area contributed by atoms with Crippen molar-refractivity contribution in [1.29, 1.82) is 0 Å². The predicted octanol–water partition coefficient (Wildman–Crippen LogP) is 4.36. The topological polar surface area (TPSA) is 50.3 Å². The molecule has 1 aromatic heterocycles. The Morgan fingerprint density at radius 2 is 1.87 bits per heavy atom. The van der Waals surface area contributed by atoms with E-state index in [4.69, 9.17) is 0 Å². The summed E-state index contributed by atoms with van der Waals surface area (Å²) >= 11 is 0.975. The Bertz CT molecular complexity index is 768. The summed E-state index contributed by atoms with van der Waals surface area (Å²) in [6.07, 6.45) is -4.51. The number of anilines is 2. The van der Waals surface area contributed by atoms with Crippen molar-refractivity contribution >= 4 is 33.8 Å². The summed E-state index contributed by atoms with van der Waals surface area (Å²) in [6.45, 7) is 4.21. The van der Waals surface area contributed by atoms with Crippen molar-refractivity contribution in [2.75, 3.05) is 4.90 Å². The van der Waals surface area contributed by atoms with Crippen LogP contribution in [-0.4, -0.2) is 16.7 Å². The molecule has 4 nitrogen and oxygen atoms in total. The Kier molecular flexibility index (Phi) is 4.56. The second kappa shape index (κ2) is 6.11. The number of halogens is 3. The van der Waals surface area contributed by atoms with Crippen molar-refractivity contribution in [2.45, 2.75) is 26.9 Å². The Labute approximate surface area is 134 Å². The van der Waals surface area contributed by atoms with Crippen LogP contribution < -0.4 is 4.90 Å². The SMILES string of the molecule is CC(=O)c1sc(N(C(C)=O)c2cccc(C(F)(F)F)c2)nc1C. The molecule has 0 atom stereocenters. The van der Waals surface area contributed by atoms with Gasteiger partial charge in [0, 0.05) is 13.8 Å². The number of aryl methyl sites for hydroxylation is 1. The summed E-state index contributed by atoms with van der Waals surface area (Å²) in [5.74, 6) is -0.702. The van der Waals surface area contributed by atoms with E-state index < -0.39 is 17.6 Å². The third-order valence-corrected chi connectivity index (χ3v) is 4.29. The van der Waals surface area contributed by atoms with Crippen LogP contribution in [0.3, 0.4) is 0 Å². The fourth-order valence-corrected chi connectivity index (χ4v) is 3.08. The first-order valence-electron chi connectivity index (χ1n) is 6.57. The van der Waals surface area contributed by atoms with E-state index in [0.29, 0.717) is 10.6 Å².